The molecule has 4 rings (SSSR count). The summed E-state index contributed by atoms with van der Waals surface area (Å²) in [5, 5.41) is 11.2. The number of hydrogen-bond donors (Lipinski definition) is 0. The second-order valence-electron chi connectivity index (χ2n) is 5.10. The molecule has 118 valence electrons. The number of nitro benzene ring substituents is 1. The molecule has 2 aromatic carbocycles. The number of benzene rings is 2. The van der Waals surface area contributed by atoms with Crippen molar-refractivity contribution in [2.75, 3.05) is 0 Å². The summed E-state index contributed by atoms with van der Waals surface area (Å²) >= 11 is 7.32. The lowest BCUT2D eigenvalue weighted by molar-refractivity contribution is -0.384. The van der Waals surface area contributed by atoms with Crippen LogP contribution in [0, 0.1) is 10.1 Å². The fraction of sp³-hybridized carbons (Fsp3) is 0. The van der Waals surface area contributed by atoms with Gasteiger partial charge in [-0.05, 0) is 24.3 Å². The van der Waals surface area contributed by atoms with Crippen molar-refractivity contribution < 1.29 is 4.92 Å². The zero-order chi connectivity index (χ0) is 16.8. The molecule has 0 saturated carbocycles. The van der Waals surface area contributed by atoms with E-state index in [0.717, 1.165) is 11.0 Å². The maximum absolute atomic E-state index is 12.7. The van der Waals surface area contributed by atoms with Crippen LogP contribution in [0.15, 0.2) is 47.3 Å². The van der Waals surface area contributed by atoms with E-state index in [4.69, 9.17) is 11.6 Å². The largest absolute Gasteiger partial charge is 0.274 e. The molecule has 0 saturated heterocycles. The molecule has 0 fully saturated rings. The molecule has 0 aliphatic heterocycles. The van der Waals surface area contributed by atoms with Crippen molar-refractivity contribution in [2.45, 2.75) is 0 Å². The van der Waals surface area contributed by atoms with Crippen molar-refractivity contribution in [1.82, 2.24) is 9.38 Å². The number of hydrogen-bond acceptors (Lipinski definition) is 5. The van der Waals surface area contributed by atoms with Gasteiger partial charge in [-0.1, -0.05) is 35.1 Å². The molecule has 0 unspecified atom stereocenters. The summed E-state index contributed by atoms with van der Waals surface area (Å²) in [4.78, 5) is 28.1. The number of rotatable bonds is 2. The molecule has 0 spiro atoms. The van der Waals surface area contributed by atoms with Crippen molar-refractivity contribution in [3.63, 3.8) is 0 Å². The van der Waals surface area contributed by atoms with Crippen molar-refractivity contribution in [2.24, 2.45) is 0 Å². The number of thiazole rings is 1. The van der Waals surface area contributed by atoms with Gasteiger partial charge in [-0.2, -0.15) is 0 Å². The Bertz CT molecular complexity index is 1230. The van der Waals surface area contributed by atoms with E-state index in [0.29, 0.717) is 20.1 Å². The third-order valence-corrected chi connectivity index (χ3v) is 4.94. The first kappa shape index (κ1) is 14.8. The van der Waals surface area contributed by atoms with Gasteiger partial charge >= 0.3 is 0 Å². The van der Waals surface area contributed by atoms with E-state index in [-0.39, 0.29) is 11.2 Å². The van der Waals surface area contributed by atoms with E-state index in [9.17, 15) is 14.9 Å². The number of nitro groups is 1. The van der Waals surface area contributed by atoms with Crippen LogP contribution in [0.2, 0.25) is 5.02 Å². The average Bonchev–Trinajstić information content (AvgIpc) is 3.06. The Morgan fingerprint density at radius 3 is 2.83 bits per heavy atom. The zero-order valence-electron chi connectivity index (χ0n) is 12.0. The molecule has 0 bridgehead atoms. The molecule has 0 aliphatic carbocycles. The van der Waals surface area contributed by atoms with Crippen LogP contribution in [-0.4, -0.2) is 14.3 Å². The minimum absolute atomic E-state index is 0.0788. The molecule has 0 atom stereocenters. The standard InChI is InChI=1S/C16H8ClN3O3S/c17-11-6-5-10(20(22)23)7-9(11)8-14-15(21)19-13-4-2-1-3-12(13)18-16(19)24-14/h1-8H. The quantitative estimate of drug-likeness (QED) is 0.408. The smallest absolute Gasteiger partial charge is 0.267 e. The third kappa shape index (κ3) is 2.26. The van der Waals surface area contributed by atoms with Gasteiger partial charge in [0.25, 0.3) is 11.2 Å². The molecule has 24 heavy (non-hydrogen) atoms. The van der Waals surface area contributed by atoms with Crippen LogP contribution < -0.4 is 10.1 Å². The van der Waals surface area contributed by atoms with Crippen LogP contribution in [-0.2, 0) is 0 Å². The van der Waals surface area contributed by atoms with Gasteiger partial charge in [0.2, 0.25) is 0 Å². The van der Waals surface area contributed by atoms with E-state index in [2.05, 4.69) is 4.98 Å². The van der Waals surface area contributed by atoms with Crippen LogP contribution in [0.5, 0.6) is 0 Å². The van der Waals surface area contributed by atoms with Crippen LogP contribution in [0.3, 0.4) is 0 Å². The Labute approximate surface area is 143 Å². The molecule has 2 heterocycles. The van der Waals surface area contributed by atoms with Crippen LogP contribution in [0.1, 0.15) is 5.56 Å². The Hall–Kier alpha value is -2.77. The number of fused-ring (bicyclic) bond motifs is 3. The minimum atomic E-state index is -0.499. The average molecular weight is 358 g/mol. The lowest BCUT2D eigenvalue weighted by atomic mass is 10.2. The predicted molar refractivity (Wildman–Crippen MR) is 93.7 cm³/mol. The fourth-order valence-electron chi connectivity index (χ4n) is 2.51. The van der Waals surface area contributed by atoms with Gasteiger partial charge in [0.05, 0.1) is 20.5 Å². The molecule has 6 nitrogen and oxygen atoms in total. The van der Waals surface area contributed by atoms with E-state index in [1.807, 2.05) is 24.3 Å². The highest BCUT2D eigenvalue weighted by molar-refractivity contribution is 7.15. The van der Waals surface area contributed by atoms with E-state index < -0.39 is 4.92 Å². The van der Waals surface area contributed by atoms with Crippen LogP contribution in [0.4, 0.5) is 5.69 Å². The SMILES string of the molecule is O=c1c(=Cc2cc([N+](=O)[O-])ccc2Cl)sc2nc3ccccc3n12. The van der Waals surface area contributed by atoms with Gasteiger partial charge in [0.1, 0.15) is 0 Å². The van der Waals surface area contributed by atoms with E-state index in [1.165, 1.54) is 33.9 Å². The zero-order valence-corrected chi connectivity index (χ0v) is 13.5. The number of aromatic nitrogens is 2. The Morgan fingerprint density at radius 2 is 2.04 bits per heavy atom. The number of nitrogens with zero attached hydrogens (tertiary/aromatic N) is 3. The van der Waals surface area contributed by atoms with Gasteiger partial charge in [-0.15, -0.1) is 0 Å². The second kappa shape index (κ2) is 5.40. The van der Waals surface area contributed by atoms with Gasteiger partial charge < -0.3 is 0 Å². The number of non-ortho nitro benzene ring substituents is 1. The summed E-state index contributed by atoms with van der Waals surface area (Å²) in [5.41, 5.74) is 1.62. The van der Waals surface area contributed by atoms with Gasteiger partial charge in [0, 0.05) is 22.7 Å². The molecule has 0 N–H and O–H groups in total. The maximum atomic E-state index is 12.7. The first-order chi connectivity index (χ1) is 11.5. The molecular weight excluding hydrogens is 350 g/mol. The predicted octanol–water partition coefficient (Wildman–Crippen LogP) is 3.02. The highest BCUT2D eigenvalue weighted by Crippen LogP contribution is 2.23. The number of imidazole rings is 1. The second-order valence-corrected chi connectivity index (χ2v) is 6.51. The van der Waals surface area contributed by atoms with Gasteiger partial charge in [-0.25, -0.2) is 9.38 Å². The van der Waals surface area contributed by atoms with Crippen molar-refractivity contribution in [3.05, 3.63) is 78.1 Å². The summed E-state index contributed by atoms with van der Waals surface area (Å²) in [5.74, 6) is 0. The molecule has 8 heteroatoms. The normalized spacial score (nSPS) is 12.3. The first-order valence-electron chi connectivity index (χ1n) is 6.90. The van der Waals surface area contributed by atoms with Crippen LogP contribution in [0.25, 0.3) is 22.1 Å². The van der Waals surface area contributed by atoms with Gasteiger partial charge in [-0.3, -0.25) is 14.9 Å². The molecular formula is C16H8ClN3O3S. The summed E-state index contributed by atoms with van der Waals surface area (Å²) in [6.45, 7) is 0. The van der Waals surface area contributed by atoms with E-state index >= 15 is 0 Å². The highest BCUT2D eigenvalue weighted by Gasteiger charge is 2.12. The summed E-state index contributed by atoms with van der Waals surface area (Å²) in [6, 6.07) is 11.5. The molecule has 2 aromatic heterocycles. The lowest BCUT2D eigenvalue weighted by Crippen LogP contribution is -2.22. The molecule has 0 amide bonds. The van der Waals surface area contributed by atoms with Crippen molar-refractivity contribution >= 4 is 50.7 Å². The number of para-hydroxylation sites is 2. The first-order valence-corrected chi connectivity index (χ1v) is 8.10. The Morgan fingerprint density at radius 1 is 1.25 bits per heavy atom. The van der Waals surface area contributed by atoms with Crippen molar-refractivity contribution in [3.8, 4) is 0 Å². The summed E-state index contributed by atoms with van der Waals surface area (Å²) < 4.78 is 1.96. The molecule has 4 aromatic rings. The Balaban J connectivity index is 1.99. The highest BCUT2D eigenvalue weighted by atomic mass is 35.5. The topological polar surface area (TPSA) is 77.5 Å². The fourth-order valence-corrected chi connectivity index (χ4v) is 3.66. The van der Waals surface area contributed by atoms with Crippen molar-refractivity contribution in [1.29, 1.82) is 0 Å². The molecule has 0 radical (unpaired) electrons. The maximum Gasteiger partial charge on any atom is 0.274 e. The monoisotopic (exact) mass is 357 g/mol. The number of halogens is 1. The summed E-state index contributed by atoms with van der Waals surface area (Å²) in [7, 11) is 0. The van der Waals surface area contributed by atoms with Gasteiger partial charge in [0.15, 0.2) is 4.96 Å². The van der Waals surface area contributed by atoms with E-state index in [1.54, 1.807) is 6.08 Å². The minimum Gasteiger partial charge on any atom is -0.267 e. The molecule has 0 aliphatic rings. The third-order valence-electron chi connectivity index (χ3n) is 3.62. The lowest BCUT2D eigenvalue weighted by Gasteiger charge is -1.97. The summed E-state index contributed by atoms with van der Waals surface area (Å²) in [6.07, 6.45) is 1.56. The van der Waals surface area contributed by atoms with Crippen LogP contribution >= 0.6 is 22.9 Å². The Kier molecular flexibility index (Phi) is 3.33.